The number of hydrogen-bond acceptors (Lipinski definition) is 8. The highest BCUT2D eigenvalue weighted by Crippen LogP contribution is 2.43. The number of esters is 2. The van der Waals surface area contributed by atoms with Crippen molar-refractivity contribution in [2.45, 2.75) is 123 Å². The molecule has 0 aliphatic carbocycles. The van der Waals surface area contributed by atoms with Gasteiger partial charge in [-0.25, -0.2) is 4.57 Å². The Kier molecular flexibility index (Phi) is 31.5. The minimum absolute atomic E-state index is 0.0424. The van der Waals surface area contributed by atoms with Crippen molar-refractivity contribution < 1.29 is 37.6 Å². The van der Waals surface area contributed by atoms with Gasteiger partial charge >= 0.3 is 19.8 Å². The number of rotatable bonds is 31. The van der Waals surface area contributed by atoms with Gasteiger partial charge in [0.2, 0.25) is 0 Å². The molecule has 0 radical (unpaired) electrons. The summed E-state index contributed by atoms with van der Waals surface area (Å²) in [6.45, 7) is 3.37. The number of ether oxygens (including phenoxy) is 2. The third-order valence-corrected chi connectivity index (χ3v) is 7.69. The third kappa shape index (κ3) is 33.2. The molecule has 3 N–H and O–H groups in total. The van der Waals surface area contributed by atoms with Crippen LogP contribution in [0.3, 0.4) is 0 Å². The van der Waals surface area contributed by atoms with Gasteiger partial charge in [0.25, 0.3) is 0 Å². The van der Waals surface area contributed by atoms with E-state index in [-0.39, 0.29) is 32.6 Å². The van der Waals surface area contributed by atoms with Crippen molar-refractivity contribution in [3.8, 4) is 0 Å². The summed E-state index contributed by atoms with van der Waals surface area (Å²) in [5.74, 6) is -0.889. The van der Waals surface area contributed by atoms with E-state index in [2.05, 4.69) is 50.3 Å². The summed E-state index contributed by atoms with van der Waals surface area (Å²) in [6, 6.07) is 0. The molecule has 47 heavy (non-hydrogen) atoms. The van der Waals surface area contributed by atoms with Gasteiger partial charge in [0, 0.05) is 19.4 Å². The molecule has 268 valence electrons. The predicted molar refractivity (Wildman–Crippen MR) is 192 cm³/mol. The molecule has 0 aromatic carbocycles. The van der Waals surface area contributed by atoms with Crippen molar-refractivity contribution in [1.82, 2.24) is 0 Å². The Morgan fingerprint density at radius 1 is 0.638 bits per heavy atom. The number of carbonyl (C=O) groups excluding carboxylic acids is 2. The van der Waals surface area contributed by atoms with Crippen molar-refractivity contribution in [2.24, 2.45) is 5.73 Å². The van der Waals surface area contributed by atoms with Crippen molar-refractivity contribution >= 4 is 19.8 Å². The van der Waals surface area contributed by atoms with Gasteiger partial charge in [-0.2, -0.15) is 0 Å². The first-order valence-electron chi connectivity index (χ1n) is 17.5. The molecule has 0 saturated carbocycles. The van der Waals surface area contributed by atoms with Gasteiger partial charge in [-0.3, -0.25) is 18.6 Å². The van der Waals surface area contributed by atoms with Crippen LogP contribution < -0.4 is 5.73 Å². The van der Waals surface area contributed by atoms with Gasteiger partial charge < -0.3 is 20.1 Å². The summed E-state index contributed by atoms with van der Waals surface area (Å²) in [6.07, 6.45) is 37.9. The molecule has 0 rings (SSSR count). The molecule has 10 heteroatoms. The SMILES string of the molecule is CC/C=C/C=C/C=C/CCCCCCCC(=O)OCC(COP(=O)(O)OCCN)OC(=O)CCCCCCC/C=C/C=C/C=C/CC. The van der Waals surface area contributed by atoms with E-state index in [9.17, 15) is 19.0 Å². The molecule has 0 fully saturated rings. The molecule has 0 spiro atoms. The molecule has 0 amide bonds. The summed E-state index contributed by atoms with van der Waals surface area (Å²) in [7, 11) is -4.38. The fourth-order valence-corrected chi connectivity index (χ4v) is 4.93. The average Bonchev–Trinajstić information content (AvgIpc) is 3.05. The van der Waals surface area contributed by atoms with E-state index in [4.69, 9.17) is 24.3 Å². The van der Waals surface area contributed by atoms with Crippen molar-refractivity contribution in [2.75, 3.05) is 26.4 Å². The number of phosphoric acid groups is 1. The molecule has 0 aliphatic heterocycles. The Bertz CT molecular complexity index is 1000. The summed E-state index contributed by atoms with van der Waals surface area (Å²) in [4.78, 5) is 34.6. The summed E-state index contributed by atoms with van der Waals surface area (Å²) >= 11 is 0. The molecule has 0 bridgehead atoms. The second kappa shape index (κ2) is 33.4. The van der Waals surface area contributed by atoms with E-state index in [0.717, 1.165) is 77.0 Å². The Balaban J connectivity index is 4.36. The second-order valence-corrected chi connectivity index (χ2v) is 12.5. The first-order valence-corrected chi connectivity index (χ1v) is 19.0. The van der Waals surface area contributed by atoms with E-state index in [1.165, 1.54) is 0 Å². The van der Waals surface area contributed by atoms with Gasteiger partial charge in [-0.1, -0.05) is 125 Å². The first-order chi connectivity index (χ1) is 22.8. The molecule has 0 saturated heterocycles. The predicted octanol–water partition coefficient (Wildman–Crippen LogP) is 9.15. The van der Waals surface area contributed by atoms with Crippen molar-refractivity contribution in [3.63, 3.8) is 0 Å². The first kappa shape index (κ1) is 44.5. The molecular weight excluding hydrogens is 617 g/mol. The zero-order valence-electron chi connectivity index (χ0n) is 29.0. The van der Waals surface area contributed by atoms with Crippen LogP contribution in [0, 0.1) is 0 Å². The van der Waals surface area contributed by atoms with Gasteiger partial charge in [0.15, 0.2) is 6.10 Å². The van der Waals surface area contributed by atoms with Crippen molar-refractivity contribution in [3.05, 3.63) is 72.9 Å². The summed E-state index contributed by atoms with van der Waals surface area (Å²) in [5, 5.41) is 0. The molecule has 0 aromatic rings. The lowest BCUT2D eigenvalue weighted by Crippen LogP contribution is -2.29. The maximum absolute atomic E-state index is 12.5. The van der Waals surface area contributed by atoms with Gasteiger partial charge in [-0.15, -0.1) is 0 Å². The molecule has 0 aliphatic rings. The molecule has 2 atom stereocenters. The van der Waals surface area contributed by atoms with Gasteiger partial charge in [0.05, 0.1) is 13.2 Å². The highest BCUT2D eigenvalue weighted by Gasteiger charge is 2.25. The third-order valence-electron chi connectivity index (χ3n) is 6.71. The lowest BCUT2D eigenvalue weighted by molar-refractivity contribution is -0.161. The number of carbonyl (C=O) groups is 2. The van der Waals surface area contributed by atoms with E-state index < -0.39 is 32.5 Å². The maximum Gasteiger partial charge on any atom is 0.472 e. The highest BCUT2D eigenvalue weighted by molar-refractivity contribution is 7.47. The van der Waals surface area contributed by atoms with E-state index in [1.54, 1.807) is 0 Å². The lowest BCUT2D eigenvalue weighted by Gasteiger charge is -2.19. The maximum atomic E-state index is 12.5. The van der Waals surface area contributed by atoms with Crippen LogP contribution in [-0.2, 0) is 32.7 Å². The number of nitrogens with two attached hydrogens (primary N) is 1. The van der Waals surface area contributed by atoms with E-state index in [1.807, 2.05) is 36.5 Å². The second-order valence-electron chi connectivity index (χ2n) is 11.1. The van der Waals surface area contributed by atoms with E-state index >= 15 is 0 Å². The minimum atomic E-state index is -4.38. The smallest absolute Gasteiger partial charge is 0.462 e. The molecule has 2 unspecified atom stereocenters. The number of hydrogen-bond donors (Lipinski definition) is 2. The van der Waals surface area contributed by atoms with Crippen LogP contribution in [0.1, 0.15) is 117 Å². The Morgan fingerprint density at radius 2 is 1.11 bits per heavy atom. The van der Waals surface area contributed by atoms with Crippen LogP contribution in [0.25, 0.3) is 0 Å². The molecule has 0 heterocycles. The number of unbranched alkanes of at least 4 members (excludes halogenated alkanes) is 10. The average molecular weight is 680 g/mol. The van der Waals surface area contributed by atoms with E-state index in [0.29, 0.717) is 12.8 Å². The standard InChI is InChI=1S/C37H62NO8P/c1-3-5-7-9-11-13-15-17-19-21-23-25-27-29-36(39)43-33-35(34-45-47(41,42)44-32-31-38)46-37(40)30-28-26-24-22-20-18-16-14-12-10-8-6-4-2/h5-16,35H,3-4,17-34,38H2,1-2H3,(H,41,42)/b7-5+,8-6+,11-9+,12-10+,15-13+,16-14+. The van der Waals surface area contributed by atoms with Crippen LogP contribution in [-0.4, -0.2) is 49.3 Å². The zero-order valence-corrected chi connectivity index (χ0v) is 29.9. The van der Waals surface area contributed by atoms with Crippen LogP contribution >= 0.6 is 7.82 Å². The number of allylic oxidation sites excluding steroid dienone is 12. The topological polar surface area (TPSA) is 134 Å². The van der Waals surface area contributed by atoms with Crippen LogP contribution in [0.15, 0.2) is 72.9 Å². The van der Waals surface area contributed by atoms with Crippen molar-refractivity contribution in [1.29, 1.82) is 0 Å². The molecule has 0 aromatic heterocycles. The highest BCUT2D eigenvalue weighted by atomic mass is 31.2. The number of phosphoric ester groups is 1. The van der Waals surface area contributed by atoms with Crippen LogP contribution in [0.4, 0.5) is 0 Å². The molecular formula is C37H62NO8P. The summed E-state index contributed by atoms with van der Waals surface area (Å²) < 4.78 is 32.5. The van der Waals surface area contributed by atoms with Crippen LogP contribution in [0.2, 0.25) is 0 Å². The lowest BCUT2D eigenvalue weighted by atomic mass is 10.1. The minimum Gasteiger partial charge on any atom is -0.462 e. The zero-order chi connectivity index (χ0) is 34.7. The Labute approximate surface area is 284 Å². The largest absolute Gasteiger partial charge is 0.472 e. The Morgan fingerprint density at radius 3 is 1.62 bits per heavy atom. The fraction of sp³-hybridized carbons (Fsp3) is 0.622. The normalized spacial score (nSPS) is 14.4. The van der Waals surface area contributed by atoms with Crippen LogP contribution in [0.5, 0.6) is 0 Å². The quantitative estimate of drug-likeness (QED) is 0.0318. The van der Waals surface area contributed by atoms with Gasteiger partial charge in [-0.05, 0) is 51.4 Å². The molecule has 9 nitrogen and oxygen atoms in total. The summed E-state index contributed by atoms with van der Waals surface area (Å²) in [5.41, 5.74) is 5.32. The monoisotopic (exact) mass is 679 g/mol. The fourth-order valence-electron chi connectivity index (χ4n) is 4.16. The Hall–Kier alpha value is -2.55. The van der Waals surface area contributed by atoms with Gasteiger partial charge in [0.1, 0.15) is 6.61 Å².